The molecule has 5 N–H and O–H groups in total. The van der Waals surface area contributed by atoms with E-state index in [0.717, 1.165) is 59.5 Å². The number of phenols is 1. The molecule has 1 fully saturated rings. The molecule has 4 aromatic rings. The summed E-state index contributed by atoms with van der Waals surface area (Å²) in [7, 11) is 0. The van der Waals surface area contributed by atoms with Crippen LogP contribution in [0.4, 0.5) is 11.8 Å². The van der Waals surface area contributed by atoms with Crippen LogP contribution in [0, 0.1) is 0 Å². The highest BCUT2D eigenvalue weighted by Crippen LogP contribution is 2.33. The summed E-state index contributed by atoms with van der Waals surface area (Å²) >= 11 is 0. The number of nitrogens with zero attached hydrogens (tertiary/aromatic N) is 4. The van der Waals surface area contributed by atoms with Crippen LogP contribution in [0.1, 0.15) is 43.7 Å². The number of hydrogen-bond donors (Lipinski definition) is 4. The van der Waals surface area contributed by atoms with Gasteiger partial charge in [0.15, 0.2) is 17.0 Å². The maximum absolute atomic E-state index is 10.1. The Morgan fingerprint density at radius 3 is 2.56 bits per heavy atom. The Balaban J connectivity index is 1.38. The lowest BCUT2D eigenvalue weighted by Gasteiger charge is -2.14. The Bertz CT molecular complexity index is 1250. The number of aromatic nitrogens is 4. The van der Waals surface area contributed by atoms with Gasteiger partial charge in [-0.15, -0.1) is 0 Å². The van der Waals surface area contributed by atoms with E-state index < -0.39 is 0 Å². The summed E-state index contributed by atoms with van der Waals surface area (Å²) in [6.07, 6.45) is 7.59. The van der Waals surface area contributed by atoms with Crippen molar-refractivity contribution in [2.24, 2.45) is 5.73 Å². The monoisotopic (exact) mass is 457 g/mol. The van der Waals surface area contributed by atoms with Gasteiger partial charge in [0.1, 0.15) is 5.75 Å². The summed E-state index contributed by atoms with van der Waals surface area (Å²) in [5.74, 6) is 1.60. The molecule has 0 unspecified atom stereocenters. The lowest BCUT2D eigenvalue weighted by molar-refractivity contribution is 0.477. The molecule has 0 aliphatic heterocycles. The third-order valence-corrected chi connectivity index (χ3v) is 6.43. The minimum absolute atomic E-state index is 0.282. The normalized spacial score (nSPS) is 14.0. The van der Waals surface area contributed by atoms with E-state index in [1.54, 1.807) is 6.07 Å². The van der Waals surface area contributed by atoms with Gasteiger partial charge in [0, 0.05) is 24.7 Å². The van der Waals surface area contributed by atoms with Gasteiger partial charge in [0.2, 0.25) is 5.95 Å². The third-order valence-electron chi connectivity index (χ3n) is 6.43. The molecule has 0 amide bonds. The first-order valence-corrected chi connectivity index (χ1v) is 12.0. The summed E-state index contributed by atoms with van der Waals surface area (Å²) in [6.45, 7) is 1.95. The maximum Gasteiger partial charge on any atom is 0.226 e. The van der Waals surface area contributed by atoms with Crippen molar-refractivity contribution in [1.82, 2.24) is 19.5 Å². The number of fused-ring (bicyclic) bond motifs is 1. The fraction of sp³-hybridized carbons (Fsp3) is 0.346. The Morgan fingerprint density at radius 1 is 1.00 bits per heavy atom. The van der Waals surface area contributed by atoms with E-state index in [0.29, 0.717) is 25.1 Å². The quantitative estimate of drug-likeness (QED) is 0.270. The number of rotatable bonds is 9. The molecule has 0 spiro atoms. The summed E-state index contributed by atoms with van der Waals surface area (Å²) in [5.41, 5.74) is 10.2. The van der Waals surface area contributed by atoms with Crippen molar-refractivity contribution in [3.05, 3.63) is 60.4 Å². The number of hydrogen-bond acceptors (Lipinski definition) is 7. The molecule has 0 radical (unpaired) electrons. The smallest absolute Gasteiger partial charge is 0.226 e. The summed E-state index contributed by atoms with van der Waals surface area (Å²) in [4.78, 5) is 14.2. The Labute approximate surface area is 199 Å². The van der Waals surface area contributed by atoms with Crippen molar-refractivity contribution in [3.63, 3.8) is 0 Å². The molecule has 5 rings (SSSR count). The zero-order valence-electron chi connectivity index (χ0n) is 19.2. The molecule has 1 aliphatic carbocycles. The van der Waals surface area contributed by atoms with Gasteiger partial charge in [-0.3, -0.25) is 0 Å². The highest BCUT2D eigenvalue weighted by molar-refractivity contribution is 5.84. The van der Waals surface area contributed by atoms with Gasteiger partial charge >= 0.3 is 0 Å². The maximum atomic E-state index is 10.1. The van der Waals surface area contributed by atoms with Gasteiger partial charge in [0.05, 0.1) is 6.33 Å². The number of nitrogens with one attached hydrogen (secondary N) is 2. The van der Waals surface area contributed by atoms with Gasteiger partial charge < -0.3 is 26.0 Å². The number of phenolic OH excluding ortho intramolecular Hbond substituents is 1. The number of anilines is 2. The molecular formula is C26H31N7O. The SMILES string of the molecule is NCCCNc1nc(NCc2ccc(-c3ccccc3O)cc2)c2ncn(C3CCCC3)c2n1. The average molecular weight is 458 g/mol. The van der Waals surface area contributed by atoms with Gasteiger partial charge in [-0.2, -0.15) is 9.97 Å². The molecule has 2 aromatic carbocycles. The van der Waals surface area contributed by atoms with Crippen LogP contribution in [0.3, 0.4) is 0 Å². The zero-order chi connectivity index (χ0) is 23.3. The number of para-hydroxylation sites is 1. The predicted molar refractivity (Wildman–Crippen MR) is 136 cm³/mol. The molecule has 8 nitrogen and oxygen atoms in total. The van der Waals surface area contributed by atoms with Gasteiger partial charge in [-0.1, -0.05) is 55.3 Å². The first-order valence-electron chi connectivity index (χ1n) is 12.0. The number of benzene rings is 2. The number of aromatic hydroxyl groups is 1. The van der Waals surface area contributed by atoms with E-state index in [1.165, 1.54) is 12.8 Å². The first-order chi connectivity index (χ1) is 16.7. The van der Waals surface area contributed by atoms with Gasteiger partial charge in [-0.05, 0) is 43.0 Å². The second-order valence-corrected chi connectivity index (χ2v) is 8.79. The highest BCUT2D eigenvalue weighted by atomic mass is 16.3. The summed E-state index contributed by atoms with van der Waals surface area (Å²) in [5, 5.41) is 16.9. The van der Waals surface area contributed by atoms with Crippen LogP contribution in [0.25, 0.3) is 22.3 Å². The Morgan fingerprint density at radius 2 is 1.79 bits per heavy atom. The molecule has 0 atom stereocenters. The van der Waals surface area contributed by atoms with Crippen molar-refractivity contribution in [3.8, 4) is 16.9 Å². The van der Waals surface area contributed by atoms with Crippen LogP contribution in [0.15, 0.2) is 54.9 Å². The molecule has 1 saturated carbocycles. The van der Waals surface area contributed by atoms with E-state index >= 15 is 0 Å². The van der Waals surface area contributed by atoms with E-state index in [9.17, 15) is 5.11 Å². The van der Waals surface area contributed by atoms with Crippen LogP contribution in [-0.2, 0) is 6.54 Å². The fourth-order valence-electron chi connectivity index (χ4n) is 4.58. The lowest BCUT2D eigenvalue weighted by atomic mass is 10.0. The van der Waals surface area contributed by atoms with Crippen LogP contribution in [0.5, 0.6) is 5.75 Å². The second-order valence-electron chi connectivity index (χ2n) is 8.79. The largest absolute Gasteiger partial charge is 0.507 e. The minimum atomic E-state index is 0.282. The van der Waals surface area contributed by atoms with Crippen molar-refractivity contribution >= 4 is 22.9 Å². The highest BCUT2D eigenvalue weighted by Gasteiger charge is 2.21. The van der Waals surface area contributed by atoms with Crippen LogP contribution < -0.4 is 16.4 Å². The number of imidazole rings is 1. The average Bonchev–Trinajstić information content (AvgIpc) is 3.53. The molecule has 0 bridgehead atoms. The molecule has 2 heterocycles. The topological polar surface area (TPSA) is 114 Å². The Kier molecular flexibility index (Phi) is 6.58. The second kappa shape index (κ2) is 10.1. The van der Waals surface area contributed by atoms with Crippen molar-refractivity contribution in [2.75, 3.05) is 23.7 Å². The van der Waals surface area contributed by atoms with E-state index in [1.807, 2.05) is 36.7 Å². The van der Waals surface area contributed by atoms with Crippen LogP contribution in [-0.4, -0.2) is 37.7 Å². The number of nitrogens with two attached hydrogens (primary N) is 1. The van der Waals surface area contributed by atoms with Gasteiger partial charge in [0.25, 0.3) is 0 Å². The molecular weight excluding hydrogens is 426 g/mol. The lowest BCUT2D eigenvalue weighted by Crippen LogP contribution is -2.13. The van der Waals surface area contributed by atoms with E-state index in [2.05, 4.69) is 32.3 Å². The first kappa shape index (κ1) is 22.2. The zero-order valence-corrected chi connectivity index (χ0v) is 19.2. The molecule has 34 heavy (non-hydrogen) atoms. The minimum Gasteiger partial charge on any atom is -0.507 e. The summed E-state index contributed by atoms with van der Waals surface area (Å²) < 4.78 is 2.21. The van der Waals surface area contributed by atoms with Crippen LogP contribution in [0.2, 0.25) is 0 Å². The fourth-order valence-corrected chi connectivity index (χ4v) is 4.58. The van der Waals surface area contributed by atoms with Gasteiger partial charge in [-0.25, -0.2) is 4.98 Å². The summed E-state index contributed by atoms with van der Waals surface area (Å²) in [6, 6.07) is 16.0. The molecule has 2 aromatic heterocycles. The van der Waals surface area contributed by atoms with Crippen molar-refractivity contribution in [1.29, 1.82) is 0 Å². The standard InChI is InChI=1S/C26H31N7O/c27-14-5-15-28-26-31-24(23-25(32-26)33(17-30-23)20-6-1-2-7-20)29-16-18-10-12-19(13-11-18)21-8-3-4-9-22(21)34/h3-4,8-13,17,20,34H,1-2,5-7,14-16,27H2,(H2,28,29,31,32). The third kappa shape index (κ3) is 4.68. The van der Waals surface area contributed by atoms with Crippen molar-refractivity contribution < 1.29 is 5.11 Å². The Hall–Kier alpha value is -3.65. The molecule has 8 heteroatoms. The predicted octanol–water partition coefficient (Wildman–Crippen LogP) is 4.69. The van der Waals surface area contributed by atoms with Crippen LogP contribution >= 0.6 is 0 Å². The molecule has 176 valence electrons. The molecule has 1 aliphatic rings. The molecule has 0 saturated heterocycles. The van der Waals surface area contributed by atoms with E-state index in [4.69, 9.17) is 15.7 Å². The van der Waals surface area contributed by atoms with E-state index in [-0.39, 0.29) is 5.75 Å². The van der Waals surface area contributed by atoms with Crippen molar-refractivity contribution in [2.45, 2.75) is 44.7 Å².